The number of hydrogen-bond donors (Lipinski definition) is 0. The standard InChI is InChI=1S/C19H18N2O2.2C5H5.2Fe/c1-3-23-19(22)17-13(2)20-21-18(15-10-6-7-11-15)16(17)12-14-8-4-5-9-14;2*1-2-4-5-3-1;;/h4-11H,3,12H2,1-2H3;2*1-5H;;/q;;;2*+2. The summed E-state index contributed by atoms with van der Waals surface area (Å²) in [6, 6.07) is 0. The minimum Gasteiger partial charge on any atom is -0.462 e. The van der Waals surface area contributed by atoms with Crippen LogP contribution in [0.4, 0.5) is 0 Å². The largest absolute Gasteiger partial charge is 2.00 e. The van der Waals surface area contributed by atoms with E-state index in [1.54, 1.807) is 13.8 Å². The molecular formula is C29H28Fe2N2O2+4. The normalized spacial score (nSPS) is 19.6. The molecule has 0 N–H and O–H groups in total. The third kappa shape index (κ3) is 10.8. The Kier molecular flexibility index (Phi) is 17.5. The van der Waals surface area contributed by atoms with Crippen molar-refractivity contribution in [2.24, 2.45) is 0 Å². The average Bonchev–Trinajstić information content (AvgIpc) is 3.64. The van der Waals surface area contributed by atoms with Gasteiger partial charge in [0, 0.05) is 5.92 Å². The number of aromatic nitrogens is 2. The fourth-order valence-corrected chi connectivity index (χ4v) is 3.36. The smallest absolute Gasteiger partial charge is 0.462 e. The Balaban J connectivity index is 0.000000423. The predicted molar refractivity (Wildman–Crippen MR) is 129 cm³/mol. The molecule has 4 saturated carbocycles. The van der Waals surface area contributed by atoms with Gasteiger partial charge in [-0.25, -0.2) is 4.79 Å². The molecule has 4 aliphatic carbocycles. The molecule has 1 aromatic rings. The molecule has 4 nitrogen and oxygen atoms in total. The maximum absolute atomic E-state index is 12.4. The predicted octanol–water partition coefficient (Wildman–Crippen LogP) is 4.70. The number of nitrogens with zero attached hydrogens (tertiary/aromatic N) is 2. The van der Waals surface area contributed by atoms with Gasteiger partial charge in [0.05, 0.1) is 23.6 Å². The maximum Gasteiger partial charge on any atom is 2.00 e. The van der Waals surface area contributed by atoms with Crippen LogP contribution in [0.5, 0.6) is 0 Å². The molecule has 0 bridgehead atoms. The second-order valence-corrected chi connectivity index (χ2v) is 7.28. The topological polar surface area (TPSA) is 52.1 Å². The van der Waals surface area contributed by atoms with Crippen molar-refractivity contribution < 1.29 is 43.7 Å². The molecule has 0 saturated heterocycles. The number of carbonyl (C=O) groups is 1. The van der Waals surface area contributed by atoms with Gasteiger partial charge >= 0.3 is 40.1 Å². The molecule has 5 rings (SSSR count). The van der Waals surface area contributed by atoms with E-state index in [0.29, 0.717) is 24.3 Å². The van der Waals surface area contributed by atoms with Crippen LogP contribution in [0.2, 0.25) is 0 Å². The summed E-state index contributed by atoms with van der Waals surface area (Å²) < 4.78 is 5.23. The molecule has 0 aromatic carbocycles. The molecule has 0 aliphatic heterocycles. The Labute approximate surface area is 235 Å². The molecule has 1 heterocycles. The van der Waals surface area contributed by atoms with Crippen molar-refractivity contribution in [1.29, 1.82) is 0 Å². The zero-order valence-corrected chi connectivity index (χ0v) is 21.9. The Hall–Kier alpha value is -0.411. The summed E-state index contributed by atoms with van der Waals surface area (Å²) in [7, 11) is 0. The Morgan fingerprint density at radius 2 is 1.17 bits per heavy atom. The van der Waals surface area contributed by atoms with Gasteiger partial charge in [0.1, 0.15) is 0 Å². The van der Waals surface area contributed by atoms with Gasteiger partial charge < -0.3 is 4.74 Å². The van der Waals surface area contributed by atoms with Gasteiger partial charge in [-0.15, -0.1) is 0 Å². The molecular weight excluding hydrogens is 520 g/mol. The van der Waals surface area contributed by atoms with E-state index in [1.165, 1.54) is 0 Å². The second-order valence-electron chi connectivity index (χ2n) is 7.28. The summed E-state index contributed by atoms with van der Waals surface area (Å²) in [5.74, 6) is 1.76. The molecule has 0 atom stereocenters. The van der Waals surface area contributed by atoms with Crippen LogP contribution >= 0.6 is 0 Å². The van der Waals surface area contributed by atoms with Crippen LogP contribution in [0.3, 0.4) is 0 Å². The van der Waals surface area contributed by atoms with Crippen molar-refractivity contribution in [3.05, 3.63) is 150 Å². The van der Waals surface area contributed by atoms with Crippen molar-refractivity contribution in [2.45, 2.75) is 20.3 Å². The summed E-state index contributed by atoms with van der Waals surface area (Å²) in [5.41, 5.74) is 2.73. The second kappa shape index (κ2) is 18.8. The van der Waals surface area contributed by atoms with Crippen LogP contribution in [-0.2, 0) is 45.3 Å². The van der Waals surface area contributed by atoms with Crippen molar-refractivity contribution in [3.63, 3.8) is 0 Å². The number of ether oxygens (including phenoxy) is 1. The zero-order chi connectivity index (χ0) is 23.3. The van der Waals surface area contributed by atoms with Gasteiger partial charge in [-0.2, -0.15) is 10.2 Å². The molecule has 1 aromatic heterocycles. The van der Waals surface area contributed by atoms with E-state index in [4.69, 9.17) is 4.74 Å². The van der Waals surface area contributed by atoms with Crippen molar-refractivity contribution in [3.8, 4) is 0 Å². The van der Waals surface area contributed by atoms with E-state index in [2.05, 4.69) is 10.2 Å². The number of hydrogen-bond acceptors (Lipinski definition) is 4. The van der Waals surface area contributed by atoms with E-state index in [-0.39, 0.29) is 40.1 Å². The van der Waals surface area contributed by atoms with E-state index in [1.807, 2.05) is 116 Å². The summed E-state index contributed by atoms with van der Waals surface area (Å²) >= 11 is 0. The van der Waals surface area contributed by atoms with Crippen LogP contribution in [0.25, 0.3) is 0 Å². The summed E-state index contributed by atoms with van der Waals surface area (Å²) in [6.07, 6.45) is 36.5. The van der Waals surface area contributed by atoms with E-state index >= 15 is 0 Å². The van der Waals surface area contributed by atoms with E-state index in [9.17, 15) is 4.79 Å². The minimum absolute atomic E-state index is 0. The third-order valence-corrected chi connectivity index (χ3v) is 4.89. The average molecular weight is 548 g/mol. The van der Waals surface area contributed by atoms with Crippen LogP contribution in [0, 0.1) is 134 Å². The van der Waals surface area contributed by atoms with Gasteiger partial charge in [0.25, 0.3) is 0 Å². The fourth-order valence-electron chi connectivity index (χ4n) is 3.36. The molecule has 20 radical (unpaired) electrons. The molecule has 0 amide bonds. The third-order valence-electron chi connectivity index (χ3n) is 4.89. The van der Waals surface area contributed by atoms with Gasteiger partial charge in [-0.1, -0.05) is 0 Å². The molecule has 35 heavy (non-hydrogen) atoms. The van der Waals surface area contributed by atoms with Gasteiger partial charge in [0.2, 0.25) is 0 Å². The van der Waals surface area contributed by atoms with Crippen molar-refractivity contribution >= 4 is 5.97 Å². The van der Waals surface area contributed by atoms with Crippen LogP contribution in [-0.4, -0.2) is 22.8 Å². The molecule has 6 heteroatoms. The Morgan fingerprint density at radius 1 is 0.714 bits per heavy atom. The monoisotopic (exact) mass is 548 g/mol. The first-order valence-corrected chi connectivity index (χ1v) is 11.0. The minimum atomic E-state index is -0.339. The number of rotatable bonds is 5. The van der Waals surface area contributed by atoms with Gasteiger partial charge in [-0.05, 0) is 147 Å². The summed E-state index contributed by atoms with van der Waals surface area (Å²) in [5, 5.41) is 8.52. The van der Waals surface area contributed by atoms with Crippen molar-refractivity contribution in [1.82, 2.24) is 10.2 Å². The SMILES string of the molecule is CCOC(=O)c1c(C)nnc([C]2[CH][CH][CH][CH]2)c1C[C]1[CH][CH][CH][CH]1.[CH]1[CH][CH][CH][CH]1.[CH]1[CH][CH][CH][CH]1.[Fe+2].[Fe+2]. The van der Waals surface area contributed by atoms with E-state index in [0.717, 1.165) is 23.1 Å². The van der Waals surface area contributed by atoms with Gasteiger partial charge in [0.15, 0.2) is 0 Å². The molecule has 0 spiro atoms. The van der Waals surface area contributed by atoms with Crippen LogP contribution in [0.15, 0.2) is 0 Å². The Bertz CT molecular complexity index is 684. The van der Waals surface area contributed by atoms with Crippen LogP contribution < -0.4 is 0 Å². The molecule has 178 valence electrons. The number of aryl methyl sites for hydroxylation is 1. The first kappa shape index (κ1) is 32.6. The summed E-state index contributed by atoms with van der Waals surface area (Å²) in [4.78, 5) is 12.4. The Morgan fingerprint density at radius 3 is 1.63 bits per heavy atom. The molecule has 0 unspecified atom stereocenters. The first-order chi connectivity index (χ1) is 16.2. The quantitative estimate of drug-likeness (QED) is 0.396. The number of esters is 1. The van der Waals surface area contributed by atoms with Gasteiger partial charge in [-0.3, -0.25) is 0 Å². The number of carbonyl (C=O) groups excluding carboxylic acids is 1. The van der Waals surface area contributed by atoms with Crippen LogP contribution in [0.1, 0.15) is 34.2 Å². The first-order valence-electron chi connectivity index (χ1n) is 11.0. The summed E-state index contributed by atoms with van der Waals surface area (Å²) in [6.45, 7) is 3.93. The fraction of sp³-hybridized carbons (Fsp3) is 0.138. The van der Waals surface area contributed by atoms with E-state index < -0.39 is 0 Å². The zero-order valence-electron chi connectivity index (χ0n) is 19.7. The molecule has 4 aliphatic rings. The molecule has 4 fully saturated rings. The van der Waals surface area contributed by atoms with Crippen molar-refractivity contribution in [2.75, 3.05) is 6.61 Å². The maximum atomic E-state index is 12.4.